The molecule has 0 radical (unpaired) electrons. The van der Waals surface area contributed by atoms with Crippen LogP contribution in [0.5, 0.6) is 5.75 Å². The van der Waals surface area contributed by atoms with Gasteiger partial charge in [-0.05, 0) is 36.8 Å². The molecule has 0 bridgehead atoms. The quantitative estimate of drug-likeness (QED) is 0.533. The molecule has 0 unspecified atom stereocenters. The van der Waals surface area contributed by atoms with E-state index in [0.29, 0.717) is 9.23 Å². The van der Waals surface area contributed by atoms with E-state index in [4.69, 9.17) is 17.0 Å². The summed E-state index contributed by atoms with van der Waals surface area (Å²) in [7, 11) is 3.62. The van der Waals surface area contributed by atoms with E-state index in [9.17, 15) is 4.79 Å². The molecule has 0 N–H and O–H groups in total. The van der Waals surface area contributed by atoms with Crippen molar-refractivity contribution in [2.75, 3.05) is 24.0 Å². The highest BCUT2D eigenvalue weighted by atomic mass is 32.2. The number of hydrogen-bond acceptors (Lipinski definition) is 6. The van der Waals surface area contributed by atoms with E-state index in [1.54, 1.807) is 23.8 Å². The van der Waals surface area contributed by atoms with E-state index in [1.165, 1.54) is 11.8 Å². The number of anilines is 2. The van der Waals surface area contributed by atoms with Crippen LogP contribution in [0.4, 0.5) is 11.4 Å². The second-order valence-electron chi connectivity index (χ2n) is 5.98. The third kappa shape index (κ3) is 2.80. The molecule has 0 atom stereocenters. The van der Waals surface area contributed by atoms with Crippen molar-refractivity contribution in [1.29, 1.82) is 0 Å². The smallest absolute Gasteiger partial charge is 0.273 e. The lowest BCUT2D eigenvalue weighted by molar-refractivity contribution is -0.113. The molecule has 2 aliphatic heterocycles. The summed E-state index contributed by atoms with van der Waals surface area (Å²) < 4.78 is 5.88. The Morgan fingerprint density at radius 1 is 1.12 bits per heavy atom. The number of thioether (sulfide) groups is 2. The molecule has 0 aliphatic carbocycles. The van der Waals surface area contributed by atoms with Gasteiger partial charge in [0.1, 0.15) is 10.7 Å². The van der Waals surface area contributed by atoms with Crippen LogP contribution in [0, 0.1) is 6.92 Å². The molecule has 0 saturated carbocycles. The molecule has 2 aromatic rings. The fraction of sp³-hybridized carbons (Fsp3) is 0.158. The Bertz CT molecular complexity index is 971. The van der Waals surface area contributed by atoms with Gasteiger partial charge in [-0.3, -0.25) is 9.69 Å². The molecule has 7 heteroatoms. The summed E-state index contributed by atoms with van der Waals surface area (Å²) >= 11 is 8.45. The minimum atomic E-state index is -0.0697. The molecule has 4 nitrogen and oxygen atoms in total. The van der Waals surface area contributed by atoms with E-state index in [0.717, 1.165) is 32.6 Å². The number of aryl methyl sites for hydroxylation is 1. The summed E-state index contributed by atoms with van der Waals surface area (Å²) in [6.45, 7) is 2.00. The Morgan fingerprint density at radius 2 is 1.92 bits per heavy atom. The van der Waals surface area contributed by atoms with Gasteiger partial charge in [0.15, 0.2) is 4.32 Å². The number of fused-ring (bicyclic) bond motifs is 1. The summed E-state index contributed by atoms with van der Waals surface area (Å²) in [6.07, 6.45) is 0. The van der Waals surface area contributed by atoms with Gasteiger partial charge in [0.2, 0.25) is 0 Å². The van der Waals surface area contributed by atoms with Gasteiger partial charge in [-0.2, -0.15) is 0 Å². The van der Waals surface area contributed by atoms with Crippen LogP contribution in [0.3, 0.4) is 0 Å². The molecule has 2 aromatic carbocycles. The molecule has 132 valence electrons. The Labute approximate surface area is 166 Å². The average Bonchev–Trinajstić information content (AvgIpc) is 3.11. The third-order valence-electron chi connectivity index (χ3n) is 4.26. The fourth-order valence-electron chi connectivity index (χ4n) is 2.94. The Hall–Kier alpha value is -1.96. The van der Waals surface area contributed by atoms with Crippen LogP contribution < -0.4 is 14.5 Å². The van der Waals surface area contributed by atoms with Gasteiger partial charge in [-0.15, -0.1) is 0 Å². The van der Waals surface area contributed by atoms with Gasteiger partial charge in [0, 0.05) is 18.0 Å². The van der Waals surface area contributed by atoms with Crippen LogP contribution in [-0.2, 0) is 4.79 Å². The summed E-state index contributed by atoms with van der Waals surface area (Å²) in [4.78, 5) is 18.5. The highest BCUT2D eigenvalue weighted by molar-refractivity contribution is 8.27. The van der Waals surface area contributed by atoms with Crippen molar-refractivity contribution in [1.82, 2.24) is 0 Å². The number of carbonyl (C=O) groups is 1. The maximum absolute atomic E-state index is 13.1. The minimum Gasteiger partial charge on any atom is -0.497 e. The first kappa shape index (κ1) is 17.5. The lowest BCUT2D eigenvalue weighted by Crippen LogP contribution is -2.28. The zero-order valence-electron chi connectivity index (χ0n) is 14.5. The van der Waals surface area contributed by atoms with Crippen LogP contribution in [0.15, 0.2) is 57.3 Å². The number of amides is 1. The molecule has 1 saturated heterocycles. The number of carbonyl (C=O) groups excluding carboxylic acids is 1. The van der Waals surface area contributed by atoms with Crippen molar-refractivity contribution in [3.05, 3.63) is 58.0 Å². The molecule has 26 heavy (non-hydrogen) atoms. The minimum absolute atomic E-state index is 0.0697. The molecule has 2 heterocycles. The molecule has 4 rings (SSSR count). The topological polar surface area (TPSA) is 32.8 Å². The highest BCUT2D eigenvalue weighted by Crippen LogP contribution is 2.51. The van der Waals surface area contributed by atoms with Crippen molar-refractivity contribution in [2.24, 2.45) is 0 Å². The van der Waals surface area contributed by atoms with Gasteiger partial charge in [-0.1, -0.05) is 47.9 Å². The Morgan fingerprint density at radius 3 is 2.65 bits per heavy atom. The Balaban J connectivity index is 1.73. The summed E-state index contributed by atoms with van der Waals surface area (Å²) in [5, 5.41) is 0.903. The summed E-state index contributed by atoms with van der Waals surface area (Å²) in [6, 6.07) is 13.8. The first-order chi connectivity index (χ1) is 12.5. The molecule has 2 aliphatic rings. The van der Waals surface area contributed by atoms with Crippen molar-refractivity contribution in [3.63, 3.8) is 0 Å². The van der Waals surface area contributed by atoms with Crippen LogP contribution in [0.25, 0.3) is 0 Å². The lowest BCUT2D eigenvalue weighted by atomic mass is 10.2. The van der Waals surface area contributed by atoms with Gasteiger partial charge >= 0.3 is 0 Å². The predicted molar refractivity (Wildman–Crippen MR) is 113 cm³/mol. The second-order valence-corrected chi connectivity index (χ2v) is 8.65. The summed E-state index contributed by atoms with van der Waals surface area (Å²) in [5.74, 6) is 0.726. The first-order valence-corrected chi connectivity index (χ1v) is 10.0. The van der Waals surface area contributed by atoms with Crippen LogP contribution in [0.2, 0.25) is 0 Å². The van der Waals surface area contributed by atoms with Gasteiger partial charge in [0.25, 0.3) is 5.91 Å². The predicted octanol–water partition coefficient (Wildman–Crippen LogP) is 4.78. The maximum atomic E-state index is 13.1. The van der Waals surface area contributed by atoms with Gasteiger partial charge < -0.3 is 9.64 Å². The van der Waals surface area contributed by atoms with Crippen LogP contribution in [-0.4, -0.2) is 24.4 Å². The molecule has 1 amide bonds. The van der Waals surface area contributed by atoms with Crippen molar-refractivity contribution < 1.29 is 9.53 Å². The number of thiocarbonyl (C=S) groups is 1. The number of ether oxygens (including phenoxy) is 1. The Kier molecular flexibility index (Phi) is 4.46. The number of benzene rings is 2. The highest BCUT2D eigenvalue weighted by Gasteiger charge is 2.39. The van der Waals surface area contributed by atoms with E-state index in [-0.39, 0.29) is 5.91 Å². The molecular weight excluding hydrogens is 384 g/mol. The third-order valence-corrected chi connectivity index (χ3v) is 6.99. The number of nitrogens with zero attached hydrogens (tertiary/aromatic N) is 2. The molecule has 0 aromatic heterocycles. The standard InChI is InChI=1S/C19H16N2O2S3/c1-11-5-4-6-12(9-11)21-17(22)16(26-19(21)24)18-20(2)14-10-13(23-3)7-8-15(14)25-18/h4-10H,1-3H3. The van der Waals surface area contributed by atoms with Crippen molar-refractivity contribution >= 4 is 57.3 Å². The van der Waals surface area contributed by atoms with E-state index in [2.05, 4.69) is 0 Å². The number of rotatable bonds is 2. The first-order valence-electron chi connectivity index (χ1n) is 7.96. The fourth-order valence-corrected chi connectivity index (χ4v) is 5.54. The molecular formula is C19H16N2O2S3. The average molecular weight is 401 g/mol. The van der Waals surface area contributed by atoms with E-state index in [1.807, 2.05) is 61.3 Å². The van der Waals surface area contributed by atoms with E-state index < -0.39 is 0 Å². The maximum Gasteiger partial charge on any atom is 0.273 e. The van der Waals surface area contributed by atoms with Crippen molar-refractivity contribution in [3.8, 4) is 5.75 Å². The normalized spacial score (nSPS) is 19.3. The summed E-state index contributed by atoms with van der Waals surface area (Å²) in [5.41, 5.74) is 2.94. The second kappa shape index (κ2) is 6.64. The number of methoxy groups -OCH3 is 1. The zero-order chi connectivity index (χ0) is 18.4. The van der Waals surface area contributed by atoms with Gasteiger partial charge in [-0.25, -0.2) is 0 Å². The number of hydrogen-bond donors (Lipinski definition) is 0. The van der Waals surface area contributed by atoms with E-state index >= 15 is 0 Å². The lowest BCUT2D eigenvalue weighted by Gasteiger charge is -2.17. The van der Waals surface area contributed by atoms with Crippen LogP contribution in [0.1, 0.15) is 5.56 Å². The molecule has 1 fully saturated rings. The zero-order valence-corrected chi connectivity index (χ0v) is 16.9. The van der Waals surface area contributed by atoms with Crippen molar-refractivity contribution in [2.45, 2.75) is 11.8 Å². The largest absolute Gasteiger partial charge is 0.497 e. The molecule has 0 spiro atoms. The van der Waals surface area contributed by atoms with Crippen LogP contribution >= 0.6 is 35.7 Å². The monoisotopic (exact) mass is 400 g/mol. The SMILES string of the molecule is COc1ccc2c(c1)N(C)C(=C1SC(=S)N(c3cccc(C)c3)C1=O)S2. The van der Waals surface area contributed by atoms with Gasteiger partial charge in [0.05, 0.1) is 23.5 Å².